The summed E-state index contributed by atoms with van der Waals surface area (Å²) in [6.45, 7) is 5.85. The molecule has 0 saturated carbocycles. The molecule has 0 spiro atoms. The van der Waals surface area contributed by atoms with Crippen molar-refractivity contribution in [3.8, 4) is 17.4 Å². The largest absolute Gasteiger partial charge is 0.466 e. The highest BCUT2D eigenvalue weighted by atomic mass is 16.5. The second kappa shape index (κ2) is 6.24. The zero-order valence-corrected chi connectivity index (χ0v) is 12.4. The van der Waals surface area contributed by atoms with Crippen molar-refractivity contribution in [2.45, 2.75) is 13.0 Å². The summed E-state index contributed by atoms with van der Waals surface area (Å²) in [5.41, 5.74) is 2.30. The van der Waals surface area contributed by atoms with Crippen LogP contribution in [0.4, 0.5) is 0 Å². The van der Waals surface area contributed by atoms with E-state index in [1.54, 1.807) is 7.11 Å². The summed E-state index contributed by atoms with van der Waals surface area (Å²) in [5, 5.41) is 6.83. The molecule has 1 aromatic heterocycles. The highest BCUT2D eigenvalue weighted by molar-refractivity contribution is 5.55. The normalized spacial score (nSPS) is 17.6. The van der Waals surface area contributed by atoms with Crippen LogP contribution in [0.1, 0.15) is 18.5 Å². The van der Waals surface area contributed by atoms with Crippen LogP contribution in [0.25, 0.3) is 11.4 Å². The summed E-state index contributed by atoms with van der Waals surface area (Å²) in [6.07, 6.45) is 0. The van der Waals surface area contributed by atoms with Crippen LogP contribution in [-0.4, -0.2) is 53.5 Å². The molecule has 6 heteroatoms. The van der Waals surface area contributed by atoms with Crippen LogP contribution in [0.2, 0.25) is 0 Å². The number of aromatic nitrogens is 3. The van der Waals surface area contributed by atoms with Crippen molar-refractivity contribution in [3.05, 3.63) is 29.8 Å². The Balaban J connectivity index is 1.73. The van der Waals surface area contributed by atoms with Crippen molar-refractivity contribution >= 4 is 0 Å². The number of hydrogen-bond acceptors (Lipinski definition) is 5. The molecule has 1 aliphatic rings. The number of nitrogens with one attached hydrogen (secondary N) is 1. The summed E-state index contributed by atoms with van der Waals surface area (Å²) in [6, 6.07) is 9.16. The molecule has 6 nitrogen and oxygen atoms in total. The molecule has 0 amide bonds. The fourth-order valence-corrected chi connectivity index (χ4v) is 2.56. The molecule has 1 aliphatic heterocycles. The molecule has 3 rings (SSSR count). The van der Waals surface area contributed by atoms with Gasteiger partial charge in [-0.3, -0.25) is 10.00 Å². The van der Waals surface area contributed by atoms with E-state index < -0.39 is 0 Å². The monoisotopic (exact) mass is 288 g/mol. The molecule has 0 unspecified atom stereocenters. The van der Waals surface area contributed by atoms with Gasteiger partial charge >= 0.3 is 6.01 Å². The van der Waals surface area contributed by atoms with Gasteiger partial charge in [0.05, 0.1) is 20.3 Å². The summed E-state index contributed by atoms with van der Waals surface area (Å²) >= 11 is 0. The predicted octanol–water partition coefficient (Wildman–Crippen LogP) is 1.87. The summed E-state index contributed by atoms with van der Waals surface area (Å²) in [5.74, 6) is 0.720. The molecule has 0 bridgehead atoms. The first-order valence-electron chi connectivity index (χ1n) is 7.16. The van der Waals surface area contributed by atoms with Crippen LogP contribution in [-0.2, 0) is 4.74 Å². The van der Waals surface area contributed by atoms with Gasteiger partial charge in [0.15, 0.2) is 5.82 Å². The Hall–Kier alpha value is -1.92. The number of ether oxygens (including phenoxy) is 2. The molecule has 1 aromatic carbocycles. The lowest BCUT2D eigenvalue weighted by atomic mass is 10.0. The number of hydrogen-bond donors (Lipinski definition) is 1. The zero-order chi connectivity index (χ0) is 14.7. The molecular formula is C15H20N4O2. The topological polar surface area (TPSA) is 63.3 Å². The number of methoxy groups -OCH3 is 1. The molecule has 1 saturated heterocycles. The van der Waals surface area contributed by atoms with Crippen molar-refractivity contribution in [2.75, 3.05) is 33.4 Å². The molecule has 1 atom stereocenters. The molecule has 21 heavy (non-hydrogen) atoms. The second-order valence-corrected chi connectivity index (χ2v) is 5.12. The van der Waals surface area contributed by atoms with Crippen molar-refractivity contribution in [3.63, 3.8) is 0 Å². The van der Waals surface area contributed by atoms with Gasteiger partial charge in [0, 0.05) is 24.7 Å². The van der Waals surface area contributed by atoms with E-state index in [9.17, 15) is 0 Å². The highest BCUT2D eigenvalue weighted by Gasteiger charge is 2.18. The standard InChI is InChI=1S/C15H20N4O2/c1-11(19-7-9-21-10-8-19)12-3-5-13(6-4-12)14-16-15(20-2)18-17-14/h3-6,11H,7-10H2,1-2H3,(H,16,17,18)/t11-/m0/s1. The lowest BCUT2D eigenvalue weighted by Gasteiger charge is -2.32. The first-order chi connectivity index (χ1) is 10.3. The highest BCUT2D eigenvalue weighted by Crippen LogP contribution is 2.24. The van der Waals surface area contributed by atoms with Gasteiger partial charge in [-0.15, -0.1) is 5.10 Å². The first-order valence-corrected chi connectivity index (χ1v) is 7.16. The Morgan fingerprint density at radius 3 is 2.57 bits per heavy atom. The number of morpholine rings is 1. The van der Waals surface area contributed by atoms with Crippen LogP contribution >= 0.6 is 0 Å². The van der Waals surface area contributed by atoms with Gasteiger partial charge in [0.2, 0.25) is 0 Å². The van der Waals surface area contributed by atoms with E-state index in [1.807, 2.05) is 0 Å². The van der Waals surface area contributed by atoms with Crippen molar-refractivity contribution in [1.29, 1.82) is 0 Å². The molecule has 112 valence electrons. The fraction of sp³-hybridized carbons (Fsp3) is 0.467. The third kappa shape index (κ3) is 3.06. The van der Waals surface area contributed by atoms with Gasteiger partial charge in [-0.2, -0.15) is 4.98 Å². The van der Waals surface area contributed by atoms with Crippen LogP contribution in [0.5, 0.6) is 6.01 Å². The lowest BCUT2D eigenvalue weighted by Crippen LogP contribution is -2.37. The Labute approximate surface area is 124 Å². The van der Waals surface area contributed by atoms with Gasteiger partial charge in [0.25, 0.3) is 0 Å². The summed E-state index contributed by atoms with van der Waals surface area (Å²) < 4.78 is 10.4. The average molecular weight is 288 g/mol. The van der Waals surface area contributed by atoms with E-state index in [-0.39, 0.29) is 0 Å². The van der Waals surface area contributed by atoms with Gasteiger partial charge < -0.3 is 9.47 Å². The van der Waals surface area contributed by atoms with E-state index in [2.05, 4.69) is 51.3 Å². The zero-order valence-electron chi connectivity index (χ0n) is 12.4. The Bertz CT molecular complexity index is 576. The Morgan fingerprint density at radius 2 is 1.95 bits per heavy atom. The Kier molecular flexibility index (Phi) is 4.17. The van der Waals surface area contributed by atoms with Crippen LogP contribution < -0.4 is 4.74 Å². The van der Waals surface area contributed by atoms with Crippen LogP contribution in [0.3, 0.4) is 0 Å². The van der Waals surface area contributed by atoms with Crippen LogP contribution in [0, 0.1) is 0 Å². The number of rotatable bonds is 4. The average Bonchev–Trinajstić information content (AvgIpc) is 3.04. The van der Waals surface area contributed by atoms with E-state index in [4.69, 9.17) is 9.47 Å². The van der Waals surface area contributed by atoms with E-state index in [0.29, 0.717) is 12.1 Å². The molecule has 2 heterocycles. The van der Waals surface area contributed by atoms with Gasteiger partial charge in [-0.1, -0.05) is 24.3 Å². The minimum atomic E-state index is 0.357. The summed E-state index contributed by atoms with van der Waals surface area (Å²) in [7, 11) is 1.56. The molecule has 0 aliphatic carbocycles. The van der Waals surface area contributed by atoms with Crippen molar-refractivity contribution < 1.29 is 9.47 Å². The van der Waals surface area contributed by atoms with E-state index in [0.717, 1.165) is 37.7 Å². The maximum Gasteiger partial charge on any atom is 0.335 e. The quantitative estimate of drug-likeness (QED) is 0.930. The maximum atomic E-state index is 5.40. The van der Waals surface area contributed by atoms with Gasteiger partial charge in [0.1, 0.15) is 0 Å². The number of H-pyrrole nitrogens is 1. The third-order valence-corrected chi connectivity index (χ3v) is 3.91. The van der Waals surface area contributed by atoms with Crippen LogP contribution in [0.15, 0.2) is 24.3 Å². The fourth-order valence-electron chi connectivity index (χ4n) is 2.56. The van der Waals surface area contributed by atoms with Crippen molar-refractivity contribution in [2.24, 2.45) is 0 Å². The number of benzene rings is 1. The Morgan fingerprint density at radius 1 is 1.24 bits per heavy atom. The van der Waals surface area contributed by atoms with Gasteiger partial charge in [-0.05, 0) is 12.5 Å². The first kappa shape index (κ1) is 14.0. The second-order valence-electron chi connectivity index (χ2n) is 5.12. The smallest absolute Gasteiger partial charge is 0.335 e. The minimum absolute atomic E-state index is 0.357. The number of nitrogens with zero attached hydrogens (tertiary/aromatic N) is 3. The SMILES string of the molecule is COc1n[nH]c(-c2ccc([C@H](C)N3CCOCC3)cc2)n1. The summed E-state index contributed by atoms with van der Waals surface area (Å²) in [4.78, 5) is 6.69. The molecule has 0 radical (unpaired) electrons. The van der Waals surface area contributed by atoms with E-state index >= 15 is 0 Å². The number of aromatic amines is 1. The predicted molar refractivity (Wildman–Crippen MR) is 79.2 cm³/mol. The van der Waals surface area contributed by atoms with Gasteiger partial charge in [-0.25, -0.2) is 0 Å². The minimum Gasteiger partial charge on any atom is -0.466 e. The molecule has 1 fully saturated rings. The third-order valence-electron chi connectivity index (χ3n) is 3.91. The molecular weight excluding hydrogens is 268 g/mol. The lowest BCUT2D eigenvalue weighted by molar-refractivity contribution is 0.0198. The van der Waals surface area contributed by atoms with Crippen molar-refractivity contribution in [1.82, 2.24) is 20.1 Å². The maximum absolute atomic E-state index is 5.40. The van der Waals surface area contributed by atoms with E-state index in [1.165, 1.54) is 5.56 Å². The molecule has 1 N–H and O–H groups in total. The molecule has 2 aromatic rings.